The normalized spacial score (nSPS) is 16.4. The molecule has 506 valence electrons. The fourth-order valence-corrected chi connectivity index (χ4v) is 13.0. The zero-order valence-corrected chi connectivity index (χ0v) is 53.9. The van der Waals surface area contributed by atoms with Crippen molar-refractivity contribution in [2.75, 3.05) is 106 Å². The third-order valence-electron chi connectivity index (χ3n) is 17.2. The third kappa shape index (κ3) is 14.5. The van der Waals surface area contributed by atoms with Crippen molar-refractivity contribution in [1.82, 2.24) is 19.6 Å². The van der Waals surface area contributed by atoms with Gasteiger partial charge in [0, 0.05) is 55.6 Å². The second-order valence-electron chi connectivity index (χ2n) is 23.0. The molecule has 0 aliphatic carbocycles. The Morgan fingerprint density at radius 2 is 0.510 bits per heavy atom. The number of hydrogen-bond donors (Lipinski definition) is 0. The van der Waals surface area contributed by atoms with E-state index >= 15 is 9.59 Å². The molecule has 4 aliphatic heterocycles. The molecule has 8 aromatic rings. The molecule has 22 heteroatoms. The summed E-state index contributed by atoms with van der Waals surface area (Å²) in [5.41, 5.74) is 2.61. The lowest BCUT2D eigenvalue weighted by molar-refractivity contribution is -0.0796. The molecule has 0 aromatic heterocycles. The summed E-state index contributed by atoms with van der Waals surface area (Å²) in [5.74, 6) is 3.97. The minimum absolute atomic E-state index is 0.0505. The Kier molecular flexibility index (Phi) is 22.2. The van der Waals surface area contributed by atoms with Crippen LogP contribution in [0.25, 0.3) is 0 Å². The summed E-state index contributed by atoms with van der Waals surface area (Å²) in [6, 6.07) is 53.3. The fraction of sp³-hybridized carbons (Fsp3) is 0.289. The molecule has 0 atom stereocenters. The van der Waals surface area contributed by atoms with Crippen LogP contribution in [0.15, 0.2) is 182 Å². The number of carbonyl (C=O) groups excluding carboxylic acids is 6. The van der Waals surface area contributed by atoms with Gasteiger partial charge in [-0.25, -0.2) is 9.59 Å². The third-order valence-corrected chi connectivity index (χ3v) is 17.2. The van der Waals surface area contributed by atoms with Crippen LogP contribution in [0.5, 0.6) is 46.0 Å². The second-order valence-corrected chi connectivity index (χ2v) is 23.0. The van der Waals surface area contributed by atoms with E-state index in [1.807, 2.05) is 84.9 Å². The molecule has 0 bridgehead atoms. The van der Waals surface area contributed by atoms with Crippen molar-refractivity contribution in [1.29, 1.82) is 0 Å². The zero-order chi connectivity index (χ0) is 67.5. The molecule has 22 nitrogen and oxygen atoms in total. The number of urea groups is 2. The van der Waals surface area contributed by atoms with Gasteiger partial charge in [-0.05, 0) is 72.8 Å². The van der Waals surface area contributed by atoms with Crippen molar-refractivity contribution in [2.45, 2.75) is 37.5 Å². The van der Waals surface area contributed by atoms with Crippen LogP contribution in [0.4, 0.5) is 9.59 Å². The van der Waals surface area contributed by atoms with Crippen LogP contribution in [0.1, 0.15) is 74.8 Å². The Hall–Kier alpha value is -10.8. The molecular weight excluding hydrogens is 1260 g/mol. The molecular formula is C76H74N4O18. The molecule has 0 radical (unpaired) electrons. The van der Waals surface area contributed by atoms with Crippen LogP contribution in [0, 0.1) is 0 Å². The van der Waals surface area contributed by atoms with E-state index in [0.717, 1.165) is 25.1 Å². The minimum Gasteiger partial charge on any atom is -0.491 e. The summed E-state index contributed by atoms with van der Waals surface area (Å²) in [6.45, 7) is 2.73. The van der Waals surface area contributed by atoms with Gasteiger partial charge >= 0.3 is 12.1 Å². The largest absolute Gasteiger partial charge is 0.491 e. The van der Waals surface area contributed by atoms with E-state index in [4.69, 9.17) is 56.8 Å². The van der Waals surface area contributed by atoms with Gasteiger partial charge in [-0.1, -0.05) is 109 Å². The quantitative estimate of drug-likeness (QED) is 0.0259. The van der Waals surface area contributed by atoms with Crippen molar-refractivity contribution >= 4 is 37.2 Å². The van der Waals surface area contributed by atoms with E-state index in [0.29, 0.717) is 102 Å². The molecule has 98 heavy (non-hydrogen) atoms. The van der Waals surface area contributed by atoms with Gasteiger partial charge in [0.05, 0.1) is 79.0 Å². The monoisotopic (exact) mass is 1330 g/mol. The number of nitrogens with zero attached hydrogens (tertiary/aromatic N) is 4. The summed E-state index contributed by atoms with van der Waals surface area (Å²) in [7, 11) is 0. The van der Waals surface area contributed by atoms with Crippen molar-refractivity contribution in [2.24, 2.45) is 0 Å². The summed E-state index contributed by atoms with van der Waals surface area (Å²) in [5, 5.41) is 0. The number of rotatable bonds is 38. The summed E-state index contributed by atoms with van der Waals surface area (Å²) in [4.78, 5) is 86.2. The standard InChI is InChI=1S/C76H74N4O18/c81-51-55-11-7-19-61(43-55)91-35-27-87-31-39-95-69-23-24-70(96-40-32-88-28-36-92-62-20-8-12-56(44-62)52-82)66-48-78-74(86)80-50-68-67(49-79-73(85)77(47-65(66)69)75(78,59-15-3-1-4-16-59)76(79,80)60-17-5-2-6-18-60)71(97-41-33-89-29-37-93-63-21-9-13-57(45-63)53-83)25-26-72(68)98-42-34-90-30-38-94-64-22-10-14-58(46-64)54-84/h1-26,43-46,51-54H,27-42,47-50H2. The first-order chi connectivity index (χ1) is 48.3. The summed E-state index contributed by atoms with van der Waals surface area (Å²) in [6.07, 6.45) is 3.04. The Bertz CT molecular complexity index is 3610. The summed E-state index contributed by atoms with van der Waals surface area (Å²) >= 11 is 0. The zero-order valence-electron chi connectivity index (χ0n) is 53.9. The second kappa shape index (κ2) is 32.3. The topological polar surface area (TPSA) is 226 Å². The number of aldehydes is 4. The highest BCUT2D eigenvalue weighted by Gasteiger charge is 2.81. The van der Waals surface area contributed by atoms with Gasteiger partial charge in [0.15, 0.2) is 11.3 Å². The first-order valence-electron chi connectivity index (χ1n) is 32.4. The van der Waals surface area contributed by atoms with E-state index < -0.39 is 11.3 Å². The highest BCUT2D eigenvalue weighted by atomic mass is 16.6. The summed E-state index contributed by atoms with van der Waals surface area (Å²) < 4.78 is 74.1. The van der Waals surface area contributed by atoms with Crippen molar-refractivity contribution < 1.29 is 85.6 Å². The molecule has 4 aliphatic rings. The molecule has 0 unspecified atom stereocenters. The van der Waals surface area contributed by atoms with Gasteiger partial charge in [-0.15, -0.1) is 0 Å². The number of carbonyl (C=O) groups is 6. The molecule has 0 N–H and O–H groups in total. The fourth-order valence-electron chi connectivity index (χ4n) is 13.0. The predicted octanol–water partition coefficient (Wildman–Crippen LogP) is 10.7. The van der Waals surface area contributed by atoms with Gasteiger partial charge in [0.1, 0.15) is 124 Å². The molecule has 4 heterocycles. The molecule has 12 rings (SSSR count). The van der Waals surface area contributed by atoms with Crippen molar-refractivity contribution in [3.05, 3.63) is 238 Å². The maximum absolute atomic E-state index is 16.7. The number of amides is 4. The Morgan fingerprint density at radius 3 is 0.745 bits per heavy atom. The lowest BCUT2D eigenvalue weighted by atomic mass is 9.79. The van der Waals surface area contributed by atoms with Gasteiger partial charge < -0.3 is 56.8 Å². The van der Waals surface area contributed by atoms with E-state index in [1.54, 1.807) is 117 Å². The van der Waals surface area contributed by atoms with E-state index in [1.165, 1.54) is 0 Å². The van der Waals surface area contributed by atoms with Crippen LogP contribution in [0.3, 0.4) is 0 Å². The first kappa shape index (κ1) is 67.2. The van der Waals surface area contributed by atoms with Gasteiger partial charge in [0.2, 0.25) is 0 Å². The highest BCUT2D eigenvalue weighted by Crippen LogP contribution is 2.66. The van der Waals surface area contributed by atoms with Crippen LogP contribution in [-0.4, -0.2) is 163 Å². The highest BCUT2D eigenvalue weighted by molar-refractivity contribution is 5.91. The van der Waals surface area contributed by atoms with Crippen molar-refractivity contribution in [3.63, 3.8) is 0 Å². The first-order valence-corrected chi connectivity index (χ1v) is 32.4. The van der Waals surface area contributed by atoms with Gasteiger partial charge in [-0.3, -0.25) is 38.8 Å². The Morgan fingerprint density at radius 1 is 0.276 bits per heavy atom. The van der Waals surface area contributed by atoms with Crippen LogP contribution in [-0.2, 0) is 56.5 Å². The van der Waals surface area contributed by atoms with Crippen LogP contribution >= 0.6 is 0 Å². The average Bonchev–Trinajstić information content (AvgIpc) is 1.47. The van der Waals surface area contributed by atoms with E-state index in [2.05, 4.69) is 0 Å². The predicted molar refractivity (Wildman–Crippen MR) is 357 cm³/mol. The smallest absolute Gasteiger partial charge is 0.325 e. The lowest BCUT2D eigenvalue weighted by Crippen LogP contribution is -2.62. The molecule has 2 fully saturated rings. The number of hydrogen-bond acceptors (Lipinski definition) is 18. The number of fused-ring (bicyclic) bond motifs is 2. The maximum Gasteiger partial charge on any atom is 0.325 e. The Balaban J connectivity index is 0.859. The minimum atomic E-state index is -1.60. The van der Waals surface area contributed by atoms with Crippen molar-refractivity contribution in [3.8, 4) is 46.0 Å². The number of benzene rings is 8. The average molecular weight is 1330 g/mol. The van der Waals surface area contributed by atoms with Gasteiger partial charge in [0.25, 0.3) is 0 Å². The SMILES string of the molecule is O=Cc1cccc(OCCOCCOc2ccc(OCCOCCOc3cccc(C=O)c3)c3c2CN2C(=O)N4Cc5c(OCCOCCOc6cccc(C=O)c6)ccc(OCCOCCOc6cccc(C=O)c6)c5CN5C(=O)N(C3)C2(c2ccccc2)C45c2ccccc2)c1. The van der Waals surface area contributed by atoms with E-state index in [-0.39, 0.29) is 144 Å². The molecule has 2 saturated heterocycles. The molecule has 8 aromatic carbocycles. The lowest BCUT2D eigenvalue weighted by Gasteiger charge is -2.49. The molecule has 0 spiro atoms. The number of ether oxygens (including phenoxy) is 12. The Labute approximate surface area is 566 Å². The van der Waals surface area contributed by atoms with Gasteiger partial charge in [-0.2, -0.15) is 0 Å². The van der Waals surface area contributed by atoms with E-state index in [9.17, 15) is 19.2 Å². The molecule has 0 saturated carbocycles. The molecule has 4 amide bonds. The van der Waals surface area contributed by atoms with Crippen LogP contribution in [0.2, 0.25) is 0 Å². The maximum atomic E-state index is 16.7. The van der Waals surface area contributed by atoms with Crippen LogP contribution < -0.4 is 37.9 Å².